The van der Waals surface area contributed by atoms with E-state index >= 15 is 0 Å². The van der Waals surface area contributed by atoms with E-state index in [1.807, 2.05) is 30.2 Å². The van der Waals surface area contributed by atoms with E-state index in [-0.39, 0.29) is 48.7 Å². The average Bonchev–Trinajstić information content (AvgIpc) is 3.20. The molecule has 2 amide bonds. The standard InChI is InChI=1S/C25H33FN2O3S/c1-17(2)13-24(29)27(14-18(3)4)15-25(30)28-11-9-23-21(10-12-32-23)22(28)16-31-20-7-5-19(26)6-8-20/h5-8,10,12,17-18,22H,9,11,13-16H2,1-4H3/t22-/m0/s1. The van der Waals surface area contributed by atoms with Crippen molar-refractivity contribution in [2.24, 2.45) is 11.8 Å². The summed E-state index contributed by atoms with van der Waals surface area (Å²) < 4.78 is 19.2. The van der Waals surface area contributed by atoms with Gasteiger partial charge in [-0.05, 0) is 59.5 Å². The summed E-state index contributed by atoms with van der Waals surface area (Å²) in [6.45, 7) is 9.65. The molecule has 1 aromatic heterocycles. The van der Waals surface area contributed by atoms with E-state index in [9.17, 15) is 14.0 Å². The van der Waals surface area contributed by atoms with Gasteiger partial charge in [-0.25, -0.2) is 4.39 Å². The highest BCUT2D eigenvalue weighted by Crippen LogP contribution is 2.34. The van der Waals surface area contributed by atoms with E-state index in [2.05, 4.69) is 13.8 Å². The summed E-state index contributed by atoms with van der Waals surface area (Å²) in [6, 6.07) is 7.72. The Morgan fingerprint density at radius 1 is 1.16 bits per heavy atom. The Bertz CT molecular complexity index is 910. The van der Waals surface area contributed by atoms with Crippen molar-refractivity contribution in [3.05, 3.63) is 52.0 Å². The van der Waals surface area contributed by atoms with Gasteiger partial charge in [0.1, 0.15) is 18.2 Å². The topological polar surface area (TPSA) is 49.9 Å². The maximum absolute atomic E-state index is 13.4. The molecule has 0 N–H and O–H groups in total. The summed E-state index contributed by atoms with van der Waals surface area (Å²) in [5.74, 6) is 0.730. The average molecular weight is 461 g/mol. The highest BCUT2D eigenvalue weighted by atomic mass is 32.1. The van der Waals surface area contributed by atoms with Crippen LogP contribution in [0, 0.1) is 17.7 Å². The van der Waals surface area contributed by atoms with Gasteiger partial charge < -0.3 is 14.5 Å². The zero-order chi connectivity index (χ0) is 23.3. The lowest BCUT2D eigenvalue weighted by atomic mass is 10.00. The molecule has 1 aliphatic rings. The minimum Gasteiger partial charge on any atom is -0.491 e. The number of benzene rings is 1. The molecule has 0 unspecified atom stereocenters. The van der Waals surface area contributed by atoms with Crippen molar-refractivity contribution in [2.45, 2.75) is 46.6 Å². The zero-order valence-corrected chi connectivity index (χ0v) is 20.2. The predicted molar refractivity (Wildman–Crippen MR) is 125 cm³/mol. The normalized spacial score (nSPS) is 15.7. The van der Waals surface area contributed by atoms with Gasteiger partial charge in [-0.1, -0.05) is 27.7 Å². The van der Waals surface area contributed by atoms with E-state index < -0.39 is 0 Å². The van der Waals surface area contributed by atoms with Gasteiger partial charge in [0, 0.05) is 24.4 Å². The third-order valence-corrected chi connectivity index (χ3v) is 6.48. The predicted octanol–water partition coefficient (Wildman–Crippen LogP) is 4.92. The van der Waals surface area contributed by atoms with Crippen molar-refractivity contribution in [2.75, 3.05) is 26.2 Å². The lowest BCUT2D eigenvalue weighted by Gasteiger charge is -2.37. The summed E-state index contributed by atoms with van der Waals surface area (Å²) in [6.07, 6.45) is 1.24. The number of carbonyl (C=O) groups excluding carboxylic acids is 2. The molecule has 0 saturated heterocycles. The molecule has 5 nitrogen and oxygen atoms in total. The van der Waals surface area contributed by atoms with Gasteiger partial charge in [0.05, 0.1) is 12.6 Å². The first-order chi connectivity index (χ1) is 15.2. The van der Waals surface area contributed by atoms with Gasteiger partial charge in [-0.15, -0.1) is 11.3 Å². The smallest absolute Gasteiger partial charge is 0.242 e. The second kappa shape index (κ2) is 10.9. The molecule has 2 aromatic rings. The van der Waals surface area contributed by atoms with Crippen LogP contribution in [0.1, 0.15) is 50.6 Å². The first kappa shape index (κ1) is 24.2. The zero-order valence-electron chi connectivity index (χ0n) is 19.3. The maximum Gasteiger partial charge on any atom is 0.242 e. The fraction of sp³-hybridized carbons (Fsp3) is 0.520. The summed E-state index contributed by atoms with van der Waals surface area (Å²) in [5.41, 5.74) is 1.10. The van der Waals surface area contributed by atoms with Crippen molar-refractivity contribution >= 4 is 23.2 Å². The van der Waals surface area contributed by atoms with Crippen LogP contribution in [-0.2, 0) is 16.0 Å². The van der Waals surface area contributed by atoms with Crippen molar-refractivity contribution in [3.8, 4) is 5.75 Å². The number of carbonyl (C=O) groups is 2. The first-order valence-electron chi connectivity index (χ1n) is 11.3. The van der Waals surface area contributed by atoms with Crippen LogP contribution in [-0.4, -0.2) is 47.9 Å². The first-order valence-corrected chi connectivity index (χ1v) is 12.1. The minimum absolute atomic E-state index is 0.0226. The summed E-state index contributed by atoms with van der Waals surface area (Å²) in [5, 5.41) is 2.04. The Morgan fingerprint density at radius 2 is 1.88 bits per heavy atom. The Hall–Kier alpha value is -2.41. The monoisotopic (exact) mass is 460 g/mol. The SMILES string of the molecule is CC(C)CC(=O)N(CC(=O)N1CCc2sccc2[C@@H]1COc1ccc(F)cc1)CC(C)C. The molecule has 32 heavy (non-hydrogen) atoms. The van der Waals surface area contributed by atoms with Crippen molar-refractivity contribution in [1.29, 1.82) is 0 Å². The molecule has 0 aliphatic carbocycles. The summed E-state index contributed by atoms with van der Waals surface area (Å²) >= 11 is 1.69. The summed E-state index contributed by atoms with van der Waals surface area (Å²) in [4.78, 5) is 31.0. The van der Waals surface area contributed by atoms with Crippen molar-refractivity contribution in [1.82, 2.24) is 9.80 Å². The van der Waals surface area contributed by atoms with Crippen molar-refractivity contribution < 1.29 is 18.7 Å². The molecule has 1 aromatic carbocycles. The number of nitrogens with zero attached hydrogens (tertiary/aromatic N) is 2. The van der Waals surface area contributed by atoms with E-state index in [0.717, 1.165) is 12.0 Å². The number of ether oxygens (including phenoxy) is 1. The lowest BCUT2D eigenvalue weighted by Crippen LogP contribution is -2.48. The molecule has 2 heterocycles. The van der Waals surface area contributed by atoms with E-state index in [4.69, 9.17) is 4.74 Å². The fourth-order valence-electron chi connectivity index (χ4n) is 4.01. The number of fused-ring (bicyclic) bond motifs is 1. The Morgan fingerprint density at radius 3 is 2.53 bits per heavy atom. The van der Waals surface area contributed by atoms with Gasteiger partial charge in [0.25, 0.3) is 0 Å². The molecule has 1 atom stereocenters. The lowest BCUT2D eigenvalue weighted by molar-refractivity contribution is -0.143. The Kier molecular flexibility index (Phi) is 8.29. The Labute approximate surface area is 194 Å². The number of halogens is 1. The van der Waals surface area contributed by atoms with Crippen LogP contribution in [0.15, 0.2) is 35.7 Å². The van der Waals surface area contributed by atoms with Crippen LogP contribution in [0.3, 0.4) is 0 Å². The number of hydrogen-bond acceptors (Lipinski definition) is 4. The molecular weight excluding hydrogens is 427 g/mol. The second-order valence-corrected chi connectivity index (χ2v) is 10.2. The van der Waals surface area contributed by atoms with E-state index in [1.54, 1.807) is 28.4 Å². The Balaban J connectivity index is 1.75. The third kappa shape index (κ3) is 6.31. The van der Waals surface area contributed by atoms with Crippen LogP contribution in [0.2, 0.25) is 0 Å². The fourth-order valence-corrected chi connectivity index (χ4v) is 4.94. The molecule has 0 radical (unpaired) electrons. The third-order valence-electron chi connectivity index (χ3n) is 5.48. The largest absolute Gasteiger partial charge is 0.491 e. The highest BCUT2D eigenvalue weighted by molar-refractivity contribution is 7.10. The number of rotatable bonds is 9. The molecule has 0 bridgehead atoms. The highest BCUT2D eigenvalue weighted by Gasteiger charge is 2.33. The van der Waals surface area contributed by atoms with Crippen LogP contribution in [0.25, 0.3) is 0 Å². The number of thiophene rings is 1. The molecule has 174 valence electrons. The molecule has 0 saturated carbocycles. The molecule has 7 heteroatoms. The number of hydrogen-bond donors (Lipinski definition) is 0. The van der Waals surface area contributed by atoms with Crippen LogP contribution in [0.4, 0.5) is 4.39 Å². The summed E-state index contributed by atoms with van der Waals surface area (Å²) in [7, 11) is 0. The van der Waals surface area contributed by atoms with Gasteiger partial charge in [0.2, 0.25) is 11.8 Å². The second-order valence-electron chi connectivity index (χ2n) is 9.18. The van der Waals surface area contributed by atoms with Crippen LogP contribution in [0.5, 0.6) is 5.75 Å². The van der Waals surface area contributed by atoms with Crippen LogP contribution < -0.4 is 4.74 Å². The maximum atomic E-state index is 13.4. The van der Waals surface area contributed by atoms with Gasteiger partial charge in [0.15, 0.2) is 0 Å². The van der Waals surface area contributed by atoms with Gasteiger partial charge in [-0.3, -0.25) is 9.59 Å². The molecule has 0 spiro atoms. The molecule has 3 rings (SSSR count). The van der Waals surface area contributed by atoms with Crippen molar-refractivity contribution in [3.63, 3.8) is 0 Å². The van der Waals surface area contributed by atoms with Gasteiger partial charge >= 0.3 is 0 Å². The molecule has 0 fully saturated rings. The molecule has 1 aliphatic heterocycles. The number of amides is 2. The van der Waals surface area contributed by atoms with Gasteiger partial charge in [-0.2, -0.15) is 0 Å². The van der Waals surface area contributed by atoms with Crippen LogP contribution >= 0.6 is 11.3 Å². The minimum atomic E-state index is -0.316. The quantitative estimate of drug-likeness (QED) is 0.534. The van der Waals surface area contributed by atoms with E-state index in [1.165, 1.54) is 17.0 Å². The van der Waals surface area contributed by atoms with E-state index in [0.29, 0.717) is 25.3 Å². The molecular formula is C25H33FN2O3S.